The Balaban J connectivity index is 0.000000157. The summed E-state index contributed by atoms with van der Waals surface area (Å²) >= 11 is 0. The molecule has 0 bridgehead atoms. The van der Waals surface area contributed by atoms with Crippen molar-refractivity contribution < 1.29 is 26.3 Å². The van der Waals surface area contributed by atoms with E-state index in [0.29, 0.717) is 24.1 Å². The zero-order valence-corrected chi connectivity index (χ0v) is 26.2. The van der Waals surface area contributed by atoms with E-state index in [2.05, 4.69) is 48.5 Å². The lowest BCUT2D eigenvalue weighted by Crippen LogP contribution is -2.28. The third-order valence-electron chi connectivity index (χ3n) is 8.60. The van der Waals surface area contributed by atoms with Crippen molar-refractivity contribution in [3.8, 4) is 0 Å². The van der Waals surface area contributed by atoms with E-state index < -0.39 is 24.4 Å². The molecule has 0 amide bonds. The Bertz CT molecular complexity index is 2180. The molecule has 0 saturated heterocycles. The van der Waals surface area contributed by atoms with Gasteiger partial charge in [0.15, 0.2) is 6.04 Å². The van der Waals surface area contributed by atoms with Gasteiger partial charge >= 0.3 is 12.4 Å². The molecule has 2 N–H and O–H groups in total. The fourth-order valence-corrected chi connectivity index (χ4v) is 5.72. The summed E-state index contributed by atoms with van der Waals surface area (Å²) in [4.78, 5) is 11.2. The van der Waals surface area contributed by atoms with E-state index >= 15 is 0 Å². The zero-order chi connectivity index (χ0) is 35.2. The minimum absolute atomic E-state index is 0.0534. The van der Waals surface area contributed by atoms with E-state index in [1.54, 1.807) is 0 Å². The highest BCUT2D eigenvalue weighted by Crippen LogP contribution is 2.41. The van der Waals surface area contributed by atoms with Crippen molar-refractivity contribution in [2.75, 3.05) is 0 Å². The van der Waals surface area contributed by atoms with Gasteiger partial charge in [-0.25, -0.2) is 9.97 Å². The molecule has 0 radical (unpaired) electrons. The molecule has 2 saturated carbocycles. The van der Waals surface area contributed by atoms with Gasteiger partial charge in [0, 0.05) is 53.2 Å². The molecule has 260 valence electrons. The SMILES string of the molecule is NC(c1cnn(Cc2cn3cc(C4CC4)ccc3n2)c1)C(F)(F)F.[N-]=[N+]=NC(c1cnn(Cc2cn3cc(C4CC4)ccc3n2)c1)C(F)(F)F. The highest BCUT2D eigenvalue weighted by Gasteiger charge is 2.41. The van der Waals surface area contributed by atoms with Crippen LogP contribution in [0, 0.1) is 0 Å². The molecule has 2 aliphatic carbocycles. The average Bonchev–Trinajstić information content (AvgIpc) is 3.91. The molecule has 6 aromatic heterocycles. The predicted octanol–water partition coefficient (Wildman–Crippen LogP) is 7.39. The number of halogens is 6. The molecule has 18 heteroatoms. The average molecular weight is 697 g/mol. The summed E-state index contributed by atoms with van der Waals surface area (Å²) < 4.78 is 83.4. The van der Waals surface area contributed by atoms with E-state index in [1.165, 1.54) is 58.6 Å². The lowest BCUT2D eigenvalue weighted by Gasteiger charge is -2.12. The molecule has 6 aromatic rings. The number of pyridine rings is 2. The number of hydrogen-bond acceptors (Lipinski definition) is 6. The van der Waals surface area contributed by atoms with Crippen LogP contribution in [0.4, 0.5) is 26.3 Å². The van der Waals surface area contributed by atoms with Crippen molar-refractivity contribution in [2.24, 2.45) is 10.8 Å². The molecule has 12 nitrogen and oxygen atoms in total. The molecule has 0 aliphatic heterocycles. The lowest BCUT2D eigenvalue weighted by molar-refractivity contribution is -0.149. The predicted molar refractivity (Wildman–Crippen MR) is 168 cm³/mol. The number of hydrogen-bond donors (Lipinski definition) is 1. The summed E-state index contributed by atoms with van der Waals surface area (Å²) in [5.74, 6) is 1.27. The van der Waals surface area contributed by atoms with Gasteiger partial charge in [0.05, 0.1) is 36.9 Å². The molecule has 0 aromatic carbocycles. The zero-order valence-electron chi connectivity index (χ0n) is 26.2. The van der Waals surface area contributed by atoms with Crippen molar-refractivity contribution in [1.82, 2.24) is 38.3 Å². The van der Waals surface area contributed by atoms with E-state index in [1.807, 2.05) is 39.5 Å². The van der Waals surface area contributed by atoms with Gasteiger partial charge in [-0.05, 0) is 66.3 Å². The second-order valence-electron chi connectivity index (χ2n) is 12.6. The van der Waals surface area contributed by atoms with Crippen LogP contribution in [-0.2, 0) is 13.1 Å². The fraction of sp³-hybridized carbons (Fsp3) is 0.375. The van der Waals surface area contributed by atoms with Crippen LogP contribution in [0.1, 0.15) is 83.2 Å². The molecular weight excluding hydrogens is 666 g/mol. The summed E-state index contributed by atoms with van der Waals surface area (Å²) in [5, 5.41) is 10.7. The van der Waals surface area contributed by atoms with Crippen LogP contribution in [0.3, 0.4) is 0 Å². The normalized spacial score (nSPS) is 16.2. The molecular formula is C32H30F6N12. The standard InChI is InChI=1S/C16H14F3N7.C16H16F3N5/c17-16(18,19)15(23-24-20)12-5-21-26(7-12)9-13-8-25-6-11(10-1-2-10)3-4-14(25)22-13;17-16(18,19)15(20)12-5-21-24(7-12)9-13-8-23-6-11(10-1-2-10)3-4-14(23)22-13/h3-8,10,15H,1-2,9H2;3-8,10,15H,1-2,9,20H2. The van der Waals surface area contributed by atoms with Crippen molar-refractivity contribution in [2.45, 2.75) is 75.0 Å². The Kier molecular flexibility index (Phi) is 8.51. The van der Waals surface area contributed by atoms with Gasteiger partial charge in [-0.3, -0.25) is 9.36 Å². The topological polar surface area (TPSA) is 145 Å². The third-order valence-corrected chi connectivity index (χ3v) is 8.60. The number of rotatable bonds is 9. The first-order valence-electron chi connectivity index (χ1n) is 15.8. The first-order valence-corrected chi connectivity index (χ1v) is 15.8. The van der Waals surface area contributed by atoms with E-state index in [0.717, 1.165) is 29.4 Å². The van der Waals surface area contributed by atoms with Crippen LogP contribution in [-0.4, -0.2) is 50.7 Å². The number of nitrogens with two attached hydrogens (primary N) is 1. The molecule has 50 heavy (non-hydrogen) atoms. The summed E-state index contributed by atoms with van der Waals surface area (Å²) in [6.07, 6.45) is 8.31. The number of aromatic nitrogens is 8. The fourth-order valence-electron chi connectivity index (χ4n) is 5.72. The van der Waals surface area contributed by atoms with Gasteiger partial charge in [0.2, 0.25) is 0 Å². The molecule has 6 heterocycles. The maximum Gasteiger partial charge on any atom is 0.407 e. The van der Waals surface area contributed by atoms with Gasteiger partial charge in [-0.1, -0.05) is 17.2 Å². The minimum Gasteiger partial charge on any atom is -0.316 e. The summed E-state index contributed by atoms with van der Waals surface area (Å²) in [6.45, 7) is 0.520. The van der Waals surface area contributed by atoms with Crippen LogP contribution in [0.25, 0.3) is 21.7 Å². The molecule has 0 spiro atoms. The van der Waals surface area contributed by atoms with Crippen LogP contribution in [0.2, 0.25) is 0 Å². The number of azide groups is 1. The van der Waals surface area contributed by atoms with Crippen LogP contribution < -0.4 is 5.73 Å². The van der Waals surface area contributed by atoms with Gasteiger partial charge in [-0.2, -0.15) is 36.5 Å². The highest BCUT2D eigenvalue weighted by atomic mass is 19.4. The van der Waals surface area contributed by atoms with E-state index in [9.17, 15) is 26.3 Å². The molecule has 2 fully saturated rings. The van der Waals surface area contributed by atoms with Crippen LogP contribution in [0.15, 0.2) is 79.0 Å². The van der Waals surface area contributed by atoms with E-state index in [4.69, 9.17) is 11.3 Å². The second-order valence-corrected chi connectivity index (χ2v) is 12.6. The summed E-state index contributed by atoms with van der Waals surface area (Å²) in [7, 11) is 0. The Hall–Kier alpha value is -5.35. The lowest BCUT2D eigenvalue weighted by atomic mass is 10.2. The minimum atomic E-state index is -4.66. The number of alkyl halides is 6. The number of fused-ring (bicyclic) bond motifs is 2. The first-order chi connectivity index (χ1) is 23.8. The largest absolute Gasteiger partial charge is 0.407 e. The number of imidazole rings is 2. The van der Waals surface area contributed by atoms with Crippen molar-refractivity contribution >= 4 is 11.3 Å². The highest BCUT2D eigenvalue weighted by molar-refractivity contribution is 5.44. The smallest absolute Gasteiger partial charge is 0.316 e. The molecule has 2 unspecified atom stereocenters. The van der Waals surface area contributed by atoms with Gasteiger partial charge in [-0.15, -0.1) is 0 Å². The van der Waals surface area contributed by atoms with E-state index in [-0.39, 0.29) is 17.7 Å². The maximum absolute atomic E-state index is 13.0. The second kappa shape index (κ2) is 12.8. The van der Waals surface area contributed by atoms with Crippen molar-refractivity contribution in [3.05, 3.63) is 118 Å². The van der Waals surface area contributed by atoms with Gasteiger partial charge < -0.3 is 14.5 Å². The first kappa shape index (κ1) is 33.2. The Morgan fingerprint density at radius 2 is 1.20 bits per heavy atom. The van der Waals surface area contributed by atoms with Crippen molar-refractivity contribution in [1.29, 1.82) is 0 Å². The molecule has 2 atom stereocenters. The third kappa shape index (κ3) is 7.45. The summed E-state index contributed by atoms with van der Waals surface area (Å²) in [5.41, 5.74) is 18.9. The monoisotopic (exact) mass is 696 g/mol. The van der Waals surface area contributed by atoms with Crippen molar-refractivity contribution in [3.63, 3.8) is 0 Å². The summed E-state index contributed by atoms with van der Waals surface area (Å²) in [6, 6.07) is 3.77. The van der Waals surface area contributed by atoms with Gasteiger partial charge in [0.1, 0.15) is 17.3 Å². The number of nitrogens with zero attached hydrogens (tertiary/aromatic N) is 11. The van der Waals surface area contributed by atoms with Crippen LogP contribution >= 0.6 is 0 Å². The van der Waals surface area contributed by atoms with Gasteiger partial charge in [0.25, 0.3) is 0 Å². The maximum atomic E-state index is 13.0. The Morgan fingerprint density at radius 3 is 1.64 bits per heavy atom. The quantitative estimate of drug-likeness (QED) is 0.0725. The molecule has 2 aliphatic rings. The Morgan fingerprint density at radius 1 is 0.720 bits per heavy atom. The van der Waals surface area contributed by atoms with Crippen LogP contribution in [0.5, 0.6) is 0 Å². The Labute approximate surface area is 279 Å². The molecule has 8 rings (SSSR count).